The number of unbranched alkanes of at least 4 members (excludes halogenated alkanes) is 2. The normalized spacial score (nSPS) is 13.5. The highest BCUT2D eigenvalue weighted by Crippen LogP contribution is 2.31. The van der Waals surface area contributed by atoms with Gasteiger partial charge < -0.3 is 9.47 Å². The summed E-state index contributed by atoms with van der Waals surface area (Å²) in [5, 5.41) is 0. The second-order valence-electron chi connectivity index (χ2n) is 7.41. The van der Waals surface area contributed by atoms with Gasteiger partial charge in [0.1, 0.15) is 0 Å². The Balaban J connectivity index is 1.82. The average Bonchev–Trinajstić information content (AvgIpc) is 3.28. The van der Waals surface area contributed by atoms with Crippen molar-refractivity contribution in [3.05, 3.63) is 50.7 Å². The molecule has 0 spiro atoms. The van der Waals surface area contributed by atoms with E-state index in [1.807, 2.05) is 4.57 Å². The summed E-state index contributed by atoms with van der Waals surface area (Å²) >= 11 is 0. The Hall–Kier alpha value is -2.83. The van der Waals surface area contributed by atoms with Crippen LogP contribution in [0.15, 0.2) is 33.9 Å². The molecular formula is C21H27N5O2. The molecule has 0 amide bonds. The molecular weight excluding hydrogens is 354 g/mol. The topological polar surface area (TPSA) is 65.1 Å². The highest BCUT2D eigenvalue weighted by Gasteiger charge is 2.28. The number of aryl methyl sites for hydroxylation is 2. The quantitative estimate of drug-likeness (QED) is 0.616. The molecule has 0 bridgehead atoms. The third-order valence-electron chi connectivity index (χ3n) is 5.64. The van der Waals surface area contributed by atoms with Gasteiger partial charge in [-0.2, -0.15) is 4.98 Å². The van der Waals surface area contributed by atoms with Gasteiger partial charge in [-0.3, -0.25) is 13.9 Å². The van der Waals surface area contributed by atoms with E-state index in [2.05, 4.69) is 43.0 Å². The molecule has 1 aromatic carbocycles. The maximum Gasteiger partial charge on any atom is 0.332 e. The Morgan fingerprint density at radius 2 is 1.79 bits per heavy atom. The zero-order valence-electron chi connectivity index (χ0n) is 16.8. The van der Waals surface area contributed by atoms with E-state index in [9.17, 15) is 9.59 Å². The molecule has 0 atom stereocenters. The molecule has 0 saturated carbocycles. The second-order valence-corrected chi connectivity index (χ2v) is 7.41. The molecule has 7 nitrogen and oxygen atoms in total. The number of imidazole rings is 1. The van der Waals surface area contributed by atoms with E-state index in [0.29, 0.717) is 24.3 Å². The Morgan fingerprint density at radius 1 is 1.04 bits per heavy atom. The molecule has 0 N–H and O–H groups in total. The van der Waals surface area contributed by atoms with E-state index in [0.717, 1.165) is 43.9 Å². The van der Waals surface area contributed by atoms with Crippen LogP contribution in [0.3, 0.4) is 0 Å². The summed E-state index contributed by atoms with van der Waals surface area (Å²) in [7, 11) is 1.70. The lowest BCUT2D eigenvalue weighted by atomic mass is 10.1. The maximum absolute atomic E-state index is 13.1. The third-order valence-corrected chi connectivity index (χ3v) is 5.64. The fourth-order valence-electron chi connectivity index (χ4n) is 3.95. The van der Waals surface area contributed by atoms with Gasteiger partial charge >= 0.3 is 5.69 Å². The van der Waals surface area contributed by atoms with Crippen molar-refractivity contribution in [2.45, 2.75) is 52.6 Å². The van der Waals surface area contributed by atoms with Crippen molar-refractivity contribution in [1.82, 2.24) is 18.7 Å². The van der Waals surface area contributed by atoms with Crippen molar-refractivity contribution in [3.63, 3.8) is 0 Å². The van der Waals surface area contributed by atoms with Crippen LogP contribution in [0, 0.1) is 0 Å². The Morgan fingerprint density at radius 3 is 2.46 bits per heavy atom. The summed E-state index contributed by atoms with van der Waals surface area (Å²) in [6, 6.07) is 8.43. The number of hydrogen-bond acceptors (Lipinski definition) is 4. The van der Waals surface area contributed by atoms with Crippen LogP contribution in [-0.2, 0) is 26.6 Å². The molecule has 1 aliphatic heterocycles. The van der Waals surface area contributed by atoms with Gasteiger partial charge in [0.15, 0.2) is 11.2 Å². The van der Waals surface area contributed by atoms with Crippen LogP contribution in [-0.4, -0.2) is 25.2 Å². The van der Waals surface area contributed by atoms with E-state index >= 15 is 0 Å². The van der Waals surface area contributed by atoms with Gasteiger partial charge in [0.25, 0.3) is 5.56 Å². The molecule has 28 heavy (non-hydrogen) atoms. The average molecular weight is 381 g/mol. The van der Waals surface area contributed by atoms with Crippen LogP contribution in [0.4, 0.5) is 11.6 Å². The predicted octanol–water partition coefficient (Wildman–Crippen LogP) is 2.80. The minimum Gasteiger partial charge on any atom is -0.310 e. The van der Waals surface area contributed by atoms with E-state index in [-0.39, 0.29) is 11.2 Å². The first kappa shape index (κ1) is 18.5. The van der Waals surface area contributed by atoms with Crippen LogP contribution in [0.1, 0.15) is 38.7 Å². The van der Waals surface area contributed by atoms with Crippen LogP contribution < -0.4 is 16.1 Å². The monoisotopic (exact) mass is 381 g/mol. The van der Waals surface area contributed by atoms with Gasteiger partial charge in [0.05, 0.1) is 0 Å². The van der Waals surface area contributed by atoms with Crippen molar-refractivity contribution < 1.29 is 0 Å². The molecule has 0 radical (unpaired) electrons. The van der Waals surface area contributed by atoms with Crippen molar-refractivity contribution in [2.24, 2.45) is 7.05 Å². The van der Waals surface area contributed by atoms with Gasteiger partial charge in [-0.1, -0.05) is 38.8 Å². The highest BCUT2D eigenvalue weighted by atomic mass is 16.2. The van der Waals surface area contributed by atoms with Crippen LogP contribution in [0.2, 0.25) is 0 Å². The van der Waals surface area contributed by atoms with Crippen molar-refractivity contribution in [2.75, 3.05) is 11.4 Å². The maximum atomic E-state index is 13.1. The lowest BCUT2D eigenvalue weighted by Crippen LogP contribution is -2.39. The molecule has 0 unspecified atom stereocenters. The molecule has 0 fully saturated rings. The molecule has 3 heterocycles. The molecule has 1 aliphatic rings. The molecule has 4 rings (SSSR count). The number of anilines is 2. The Labute approximate surface area is 163 Å². The Bertz CT molecular complexity index is 1120. The van der Waals surface area contributed by atoms with E-state index in [1.54, 1.807) is 7.05 Å². The fraction of sp³-hybridized carbons (Fsp3) is 0.476. The van der Waals surface area contributed by atoms with Crippen molar-refractivity contribution >= 4 is 22.8 Å². The number of aromatic nitrogens is 4. The van der Waals surface area contributed by atoms with Gasteiger partial charge in [0, 0.05) is 32.4 Å². The van der Waals surface area contributed by atoms with E-state index in [4.69, 9.17) is 4.98 Å². The highest BCUT2D eigenvalue weighted by molar-refractivity contribution is 5.77. The number of nitrogens with zero attached hydrogens (tertiary/aromatic N) is 5. The van der Waals surface area contributed by atoms with Crippen molar-refractivity contribution in [3.8, 4) is 0 Å². The van der Waals surface area contributed by atoms with E-state index < -0.39 is 0 Å². The lowest BCUT2D eigenvalue weighted by Gasteiger charge is -2.16. The summed E-state index contributed by atoms with van der Waals surface area (Å²) in [5.74, 6) is 0.734. The largest absolute Gasteiger partial charge is 0.332 e. The van der Waals surface area contributed by atoms with Gasteiger partial charge in [-0.15, -0.1) is 0 Å². The smallest absolute Gasteiger partial charge is 0.310 e. The first-order valence-electron chi connectivity index (χ1n) is 10.1. The summed E-state index contributed by atoms with van der Waals surface area (Å²) in [6.45, 7) is 6.15. The first-order valence-corrected chi connectivity index (χ1v) is 10.1. The van der Waals surface area contributed by atoms with Crippen molar-refractivity contribution in [1.29, 1.82) is 0 Å². The first-order chi connectivity index (χ1) is 13.6. The van der Waals surface area contributed by atoms with Crippen LogP contribution >= 0.6 is 0 Å². The van der Waals surface area contributed by atoms with E-state index in [1.165, 1.54) is 14.7 Å². The minimum atomic E-state index is -0.288. The third kappa shape index (κ3) is 2.85. The molecule has 3 aromatic rings. The second kappa shape index (κ2) is 7.30. The molecule has 148 valence electrons. The predicted molar refractivity (Wildman–Crippen MR) is 112 cm³/mol. The fourth-order valence-corrected chi connectivity index (χ4v) is 3.95. The van der Waals surface area contributed by atoms with Gasteiger partial charge in [0.2, 0.25) is 5.95 Å². The number of fused-ring (bicyclic) bond motifs is 3. The number of rotatable bonds is 6. The number of benzene rings is 1. The molecule has 2 aromatic heterocycles. The van der Waals surface area contributed by atoms with Crippen LogP contribution in [0.5, 0.6) is 0 Å². The minimum absolute atomic E-state index is 0.226. The standard InChI is InChI=1S/C21H27N5O2/c1-4-6-7-12-26-19(27)17-18(23(3)21(26)28)22-20-24(13-14-25(17)20)16-10-8-15(5-2)9-11-16/h8-11H,4-7,12-14H2,1-3H3. The number of hydrogen-bond donors (Lipinski definition) is 0. The molecule has 0 saturated heterocycles. The summed E-state index contributed by atoms with van der Waals surface area (Å²) in [6.07, 6.45) is 3.87. The molecule has 0 aliphatic carbocycles. The Kier molecular flexibility index (Phi) is 4.83. The van der Waals surface area contributed by atoms with Crippen LogP contribution in [0.25, 0.3) is 11.2 Å². The van der Waals surface area contributed by atoms with Gasteiger partial charge in [-0.05, 0) is 30.5 Å². The summed E-state index contributed by atoms with van der Waals surface area (Å²) in [4.78, 5) is 32.6. The van der Waals surface area contributed by atoms with Gasteiger partial charge in [-0.25, -0.2) is 4.79 Å². The zero-order chi connectivity index (χ0) is 19.8. The summed E-state index contributed by atoms with van der Waals surface area (Å²) in [5.41, 5.74) is 2.82. The summed E-state index contributed by atoms with van der Waals surface area (Å²) < 4.78 is 4.83. The SMILES string of the molecule is CCCCCn1c(=O)c2c(nc3n2CCN3c2ccc(CC)cc2)n(C)c1=O. The zero-order valence-corrected chi connectivity index (χ0v) is 16.8. The lowest BCUT2D eigenvalue weighted by molar-refractivity contribution is 0.549. The molecule has 7 heteroatoms.